The number of aliphatic hydroxyl groups is 1. The molecule has 0 radical (unpaired) electrons. The molecule has 160 valence electrons. The van der Waals surface area contributed by atoms with Crippen LogP contribution >= 0.6 is 0 Å². The van der Waals surface area contributed by atoms with E-state index in [-0.39, 0.29) is 18.9 Å². The number of nitrogens with one attached hydrogen (secondary N) is 2. The van der Waals surface area contributed by atoms with E-state index in [1.807, 2.05) is 0 Å². The Morgan fingerprint density at radius 3 is 2.46 bits per heavy atom. The minimum atomic E-state index is -3.44. The molecule has 1 aromatic carbocycles. The first kappa shape index (κ1) is 23.1. The van der Waals surface area contributed by atoms with Crippen LogP contribution in [-0.2, 0) is 25.6 Å². The summed E-state index contributed by atoms with van der Waals surface area (Å²) < 4.78 is 57.0. The number of hydrogen-bond donors (Lipinski definition) is 3. The summed E-state index contributed by atoms with van der Waals surface area (Å²) in [5, 5.41) is 11.3. The van der Waals surface area contributed by atoms with Gasteiger partial charge in [-0.3, -0.25) is 0 Å². The first-order chi connectivity index (χ1) is 13.1. The van der Waals surface area contributed by atoms with Gasteiger partial charge in [-0.25, -0.2) is 26.3 Å². The van der Waals surface area contributed by atoms with Crippen LogP contribution in [0, 0.1) is 0 Å². The van der Waals surface area contributed by atoms with Crippen molar-refractivity contribution in [3.05, 3.63) is 29.8 Å². The molecule has 1 aromatic rings. The van der Waals surface area contributed by atoms with Gasteiger partial charge >= 0.3 is 0 Å². The van der Waals surface area contributed by atoms with Crippen molar-refractivity contribution in [2.24, 2.45) is 0 Å². The SMILES string of the molecule is CCCS(=O)(=O)NC1CCCCC1(O)c1ccc(OCCNS(C)(=O)=O)cc1. The Labute approximate surface area is 167 Å². The van der Waals surface area contributed by atoms with Crippen LogP contribution in [0.15, 0.2) is 24.3 Å². The Morgan fingerprint density at radius 1 is 1.18 bits per heavy atom. The van der Waals surface area contributed by atoms with Gasteiger partial charge in [0.25, 0.3) is 0 Å². The maximum atomic E-state index is 12.2. The van der Waals surface area contributed by atoms with E-state index in [2.05, 4.69) is 9.44 Å². The summed E-state index contributed by atoms with van der Waals surface area (Å²) in [4.78, 5) is 0. The predicted molar refractivity (Wildman–Crippen MR) is 108 cm³/mol. The highest BCUT2D eigenvalue weighted by atomic mass is 32.2. The molecular formula is C18H30N2O6S2. The number of ether oxygens (including phenoxy) is 1. The summed E-state index contributed by atoms with van der Waals surface area (Å²) in [6.07, 6.45) is 4.33. The van der Waals surface area contributed by atoms with Crippen molar-refractivity contribution in [2.75, 3.05) is 25.2 Å². The van der Waals surface area contributed by atoms with Crippen molar-refractivity contribution >= 4 is 20.0 Å². The van der Waals surface area contributed by atoms with Gasteiger partial charge in [0.1, 0.15) is 18.0 Å². The minimum Gasteiger partial charge on any atom is -0.492 e. The summed E-state index contributed by atoms with van der Waals surface area (Å²) in [7, 11) is -6.69. The van der Waals surface area contributed by atoms with Crippen LogP contribution in [0.4, 0.5) is 0 Å². The second-order valence-electron chi connectivity index (χ2n) is 7.20. The Balaban J connectivity index is 2.06. The van der Waals surface area contributed by atoms with E-state index in [1.54, 1.807) is 31.2 Å². The minimum absolute atomic E-state index is 0.0356. The number of rotatable bonds is 10. The maximum absolute atomic E-state index is 12.2. The number of sulfonamides is 2. The second-order valence-corrected chi connectivity index (χ2v) is 10.9. The van der Waals surface area contributed by atoms with Crippen LogP contribution in [-0.4, -0.2) is 53.1 Å². The Kier molecular flexibility index (Phi) is 7.86. The molecule has 0 spiro atoms. The zero-order chi connectivity index (χ0) is 20.8. The highest BCUT2D eigenvalue weighted by molar-refractivity contribution is 7.89. The summed E-state index contributed by atoms with van der Waals surface area (Å²) >= 11 is 0. The molecule has 0 bridgehead atoms. The number of benzene rings is 1. The van der Waals surface area contributed by atoms with E-state index < -0.39 is 31.7 Å². The molecule has 3 N–H and O–H groups in total. The lowest BCUT2D eigenvalue weighted by Crippen LogP contribution is -2.52. The summed E-state index contributed by atoms with van der Waals surface area (Å²) in [5.41, 5.74) is -0.631. The lowest BCUT2D eigenvalue weighted by atomic mass is 9.76. The van der Waals surface area contributed by atoms with Gasteiger partial charge in [0.15, 0.2) is 0 Å². The third-order valence-electron chi connectivity index (χ3n) is 4.76. The molecule has 1 aliphatic rings. The van der Waals surface area contributed by atoms with Crippen molar-refractivity contribution in [1.29, 1.82) is 0 Å². The van der Waals surface area contributed by atoms with E-state index >= 15 is 0 Å². The summed E-state index contributed by atoms with van der Waals surface area (Å²) in [5.74, 6) is 0.579. The van der Waals surface area contributed by atoms with Gasteiger partial charge in [0.05, 0.1) is 18.1 Å². The fraction of sp³-hybridized carbons (Fsp3) is 0.667. The Bertz CT molecular complexity index is 839. The molecule has 0 aliphatic heterocycles. The molecule has 0 saturated heterocycles. The largest absolute Gasteiger partial charge is 0.492 e. The van der Waals surface area contributed by atoms with E-state index in [0.717, 1.165) is 19.1 Å². The molecule has 2 rings (SSSR count). The zero-order valence-corrected chi connectivity index (χ0v) is 18.0. The van der Waals surface area contributed by atoms with Gasteiger partial charge in [-0.1, -0.05) is 31.9 Å². The summed E-state index contributed by atoms with van der Waals surface area (Å²) in [6.45, 7) is 2.14. The van der Waals surface area contributed by atoms with E-state index in [4.69, 9.17) is 4.74 Å². The van der Waals surface area contributed by atoms with Crippen molar-refractivity contribution < 1.29 is 26.7 Å². The smallest absolute Gasteiger partial charge is 0.211 e. The molecule has 2 atom stereocenters. The third-order valence-corrected chi connectivity index (χ3v) is 7.08. The van der Waals surface area contributed by atoms with Crippen LogP contribution in [0.2, 0.25) is 0 Å². The predicted octanol–water partition coefficient (Wildman–Crippen LogP) is 1.07. The molecule has 0 aromatic heterocycles. The van der Waals surface area contributed by atoms with Crippen molar-refractivity contribution in [1.82, 2.24) is 9.44 Å². The molecule has 0 amide bonds. The second kappa shape index (κ2) is 9.53. The van der Waals surface area contributed by atoms with Crippen LogP contribution < -0.4 is 14.2 Å². The first-order valence-electron chi connectivity index (χ1n) is 9.46. The molecule has 0 heterocycles. The average Bonchev–Trinajstić information content (AvgIpc) is 2.60. The molecule has 1 aliphatic carbocycles. The van der Waals surface area contributed by atoms with E-state index in [1.165, 1.54) is 0 Å². The summed E-state index contributed by atoms with van der Waals surface area (Å²) in [6, 6.07) is 6.28. The Hall–Kier alpha value is -1.20. The van der Waals surface area contributed by atoms with Gasteiger partial charge in [-0.2, -0.15) is 0 Å². The molecular weight excluding hydrogens is 404 g/mol. The van der Waals surface area contributed by atoms with E-state index in [0.29, 0.717) is 30.6 Å². The number of hydrogen-bond acceptors (Lipinski definition) is 6. The normalized spacial score (nSPS) is 23.5. The zero-order valence-electron chi connectivity index (χ0n) is 16.3. The lowest BCUT2D eigenvalue weighted by Gasteiger charge is -2.40. The molecule has 10 heteroatoms. The van der Waals surface area contributed by atoms with Crippen LogP contribution in [0.3, 0.4) is 0 Å². The third kappa shape index (κ3) is 6.70. The standard InChI is InChI=1S/C18H30N2O6S2/c1-3-14-28(24,25)20-17-6-4-5-11-18(17,21)15-7-9-16(10-8-15)26-13-12-19-27(2,22)23/h7-10,17,19-21H,3-6,11-14H2,1-2H3. The fourth-order valence-electron chi connectivity index (χ4n) is 3.44. The topological polar surface area (TPSA) is 122 Å². The van der Waals surface area contributed by atoms with Crippen LogP contribution in [0.5, 0.6) is 5.75 Å². The fourth-order valence-corrected chi connectivity index (χ4v) is 5.29. The molecule has 28 heavy (non-hydrogen) atoms. The van der Waals surface area contributed by atoms with Crippen LogP contribution in [0.1, 0.15) is 44.6 Å². The lowest BCUT2D eigenvalue weighted by molar-refractivity contribution is -0.0249. The van der Waals surface area contributed by atoms with E-state index in [9.17, 15) is 21.9 Å². The van der Waals surface area contributed by atoms with Crippen molar-refractivity contribution in [3.63, 3.8) is 0 Å². The molecule has 2 unspecified atom stereocenters. The van der Waals surface area contributed by atoms with Crippen molar-refractivity contribution in [3.8, 4) is 5.75 Å². The van der Waals surface area contributed by atoms with Gasteiger partial charge in [0, 0.05) is 6.54 Å². The van der Waals surface area contributed by atoms with Crippen LogP contribution in [0.25, 0.3) is 0 Å². The molecule has 1 fully saturated rings. The first-order valence-corrected chi connectivity index (χ1v) is 13.0. The monoisotopic (exact) mass is 434 g/mol. The van der Waals surface area contributed by atoms with Crippen molar-refractivity contribution in [2.45, 2.75) is 50.7 Å². The van der Waals surface area contributed by atoms with Gasteiger partial charge in [0.2, 0.25) is 20.0 Å². The maximum Gasteiger partial charge on any atom is 0.211 e. The van der Waals surface area contributed by atoms with Gasteiger partial charge in [-0.15, -0.1) is 0 Å². The molecule has 1 saturated carbocycles. The highest BCUT2D eigenvalue weighted by Crippen LogP contribution is 2.38. The highest BCUT2D eigenvalue weighted by Gasteiger charge is 2.42. The van der Waals surface area contributed by atoms with Gasteiger partial charge < -0.3 is 9.84 Å². The Morgan fingerprint density at radius 2 is 1.86 bits per heavy atom. The van der Waals surface area contributed by atoms with Gasteiger partial charge in [-0.05, 0) is 37.0 Å². The molecule has 8 nitrogen and oxygen atoms in total. The average molecular weight is 435 g/mol. The quantitative estimate of drug-likeness (QED) is 0.474.